The largest absolute Gasteiger partial charge is 0.467 e. The van der Waals surface area contributed by atoms with Crippen molar-refractivity contribution < 1.29 is 49.0 Å². The van der Waals surface area contributed by atoms with E-state index in [0.717, 1.165) is 24.8 Å². The van der Waals surface area contributed by atoms with Crippen LogP contribution in [0.5, 0.6) is 0 Å². The molecule has 6 rings (SSSR count). The van der Waals surface area contributed by atoms with Crippen molar-refractivity contribution in [3.8, 4) is 0 Å². The number of methoxy groups -OCH3 is 1. The van der Waals surface area contributed by atoms with E-state index in [2.05, 4.69) is 6.92 Å². The number of ether oxygens (including phenoxy) is 4. The highest BCUT2D eigenvalue weighted by atomic mass is 16.7. The Morgan fingerprint density at radius 3 is 2.54 bits per heavy atom. The van der Waals surface area contributed by atoms with Crippen LogP contribution in [0.25, 0.3) is 0 Å². The highest BCUT2D eigenvalue weighted by Gasteiger charge is 2.69. The van der Waals surface area contributed by atoms with Gasteiger partial charge in [0.2, 0.25) is 5.60 Å². The van der Waals surface area contributed by atoms with Crippen molar-refractivity contribution in [2.75, 3.05) is 13.7 Å². The van der Waals surface area contributed by atoms with E-state index < -0.39 is 52.8 Å². The first kappa shape index (κ1) is 27.6. The normalized spacial score (nSPS) is 52.9. The number of carbonyl (C=O) groups excluding carboxylic acids is 2. The van der Waals surface area contributed by atoms with Crippen LogP contribution in [0.2, 0.25) is 0 Å². The first-order valence-electron chi connectivity index (χ1n) is 14.5. The molecule has 10 nitrogen and oxygen atoms in total. The molecule has 6 aliphatic rings. The Morgan fingerprint density at radius 2 is 1.85 bits per heavy atom. The van der Waals surface area contributed by atoms with Gasteiger partial charge in [-0.25, -0.2) is 9.59 Å². The van der Waals surface area contributed by atoms with Crippen LogP contribution >= 0.6 is 0 Å². The van der Waals surface area contributed by atoms with Crippen LogP contribution in [-0.2, 0) is 28.5 Å². The summed E-state index contributed by atoms with van der Waals surface area (Å²) < 4.78 is 21.8. The average Bonchev–Trinajstić information content (AvgIpc) is 3.52. The van der Waals surface area contributed by atoms with E-state index in [1.807, 2.05) is 0 Å². The fourth-order valence-corrected chi connectivity index (χ4v) is 9.67. The maximum absolute atomic E-state index is 12.3. The monoisotopic (exact) mass is 550 g/mol. The summed E-state index contributed by atoms with van der Waals surface area (Å²) >= 11 is 0. The molecule has 0 amide bonds. The van der Waals surface area contributed by atoms with Gasteiger partial charge in [0.05, 0.1) is 36.6 Å². The third-order valence-electron chi connectivity index (χ3n) is 11.6. The highest BCUT2D eigenvalue weighted by molar-refractivity contribution is 5.85. The Hall–Kier alpha value is -1.56. The van der Waals surface area contributed by atoms with E-state index in [1.54, 1.807) is 13.0 Å². The van der Waals surface area contributed by atoms with Crippen LogP contribution in [0.15, 0.2) is 11.6 Å². The Morgan fingerprint density at radius 1 is 1.08 bits per heavy atom. The summed E-state index contributed by atoms with van der Waals surface area (Å²) in [6.07, 6.45) is 2.85. The molecule has 1 saturated heterocycles. The van der Waals surface area contributed by atoms with Crippen molar-refractivity contribution in [3.05, 3.63) is 11.6 Å². The lowest BCUT2D eigenvalue weighted by Crippen LogP contribution is -2.67. The first-order chi connectivity index (χ1) is 18.4. The molecule has 0 spiro atoms. The summed E-state index contributed by atoms with van der Waals surface area (Å²) in [7, 11) is 1.20. The van der Waals surface area contributed by atoms with Gasteiger partial charge in [0, 0.05) is 24.3 Å². The van der Waals surface area contributed by atoms with Gasteiger partial charge in [-0.1, -0.05) is 6.92 Å². The van der Waals surface area contributed by atoms with Crippen molar-refractivity contribution >= 4 is 11.9 Å². The molecule has 218 valence electrons. The van der Waals surface area contributed by atoms with Gasteiger partial charge in [0.1, 0.15) is 6.61 Å². The van der Waals surface area contributed by atoms with Gasteiger partial charge in [-0.2, -0.15) is 0 Å². The van der Waals surface area contributed by atoms with Gasteiger partial charge in [-0.3, -0.25) is 0 Å². The fourth-order valence-electron chi connectivity index (χ4n) is 9.67. The molecule has 10 heteroatoms. The van der Waals surface area contributed by atoms with E-state index >= 15 is 0 Å². The molecule has 0 aromatic carbocycles. The molecule has 2 aliphatic heterocycles. The molecule has 4 N–H and O–H groups in total. The third-order valence-corrected chi connectivity index (χ3v) is 11.6. The van der Waals surface area contributed by atoms with E-state index in [9.17, 15) is 30.0 Å². The van der Waals surface area contributed by atoms with Gasteiger partial charge in [-0.15, -0.1) is 0 Å². The van der Waals surface area contributed by atoms with E-state index in [0.29, 0.717) is 25.7 Å². The topological polar surface area (TPSA) is 152 Å². The second-order valence-corrected chi connectivity index (χ2v) is 13.4. The maximum Gasteiger partial charge on any atom is 0.343 e. The van der Waals surface area contributed by atoms with Gasteiger partial charge in [0.25, 0.3) is 0 Å². The molecule has 0 aromatic rings. The van der Waals surface area contributed by atoms with Crippen LogP contribution in [0, 0.1) is 29.1 Å². The van der Waals surface area contributed by atoms with Gasteiger partial charge >= 0.3 is 11.9 Å². The van der Waals surface area contributed by atoms with Gasteiger partial charge in [0.15, 0.2) is 6.29 Å². The number of carbonyl (C=O) groups is 2. The number of esters is 2. The minimum atomic E-state index is -1.96. The van der Waals surface area contributed by atoms with Crippen LogP contribution in [0.1, 0.15) is 71.6 Å². The highest BCUT2D eigenvalue weighted by Crippen LogP contribution is 2.68. The number of fused-ring (bicyclic) bond motifs is 5. The lowest BCUT2D eigenvalue weighted by atomic mass is 9.46. The summed E-state index contributed by atoms with van der Waals surface area (Å²) in [6, 6.07) is 0. The molecule has 2 heterocycles. The minimum Gasteiger partial charge on any atom is -0.467 e. The third kappa shape index (κ3) is 3.89. The molecule has 12 atom stereocenters. The van der Waals surface area contributed by atoms with Crippen LogP contribution < -0.4 is 0 Å². The van der Waals surface area contributed by atoms with Crippen LogP contribution in [0.3, 0.4) is 0 Å². The minimum absolute atomic E-state index is 0.0276. The maximum atomic E-state index is 12.3. The first-order valence-corrected chi connectivity index (χ1v) is 14.5. The summed E-state index contributed by atoms with van der Waals surface area (Å²) in [4.78, 5) is 24.1. The molecular formula is C29H42O10. The predicted octanol–water partition coefficient (Wildman–Crippen LogP) is 1.36. The number of cyclic esters (lactones) is 1. The zero-order chi connectivity index (χ0) is 28.0. The average molecular weight is 551 g/mol. The lowest BCUT2D eigenvalue weighted by molar-refractivity contribution is -0.279. The molecule has 39 heavy (non-hydrogen) atoms. The van der Waals surface area contributed by atoms with E-state index in [4.69, 9.17) is 18.9 Å². The lowest BCUT2D eigenvalue weighted by Gasteiger charge is -2.63. The quantitative estimate of drug-likeness (QED) is 0.378. The number of aliphatic hydroxyl groups is 4. The number of hydrogen-bond acceptors (Lipinski definition) is 10. The smallest absolute Gasteiger partial charge is 0.343 e. The number of aliphatic hydroxyl groups excluding tert-OH is 1. The number of rotatable bonds is 4. The fraction of sp³-hybridized carbons (Fsp3) is 0.862. The van der Waals surface area contributed by atoms with Crippen molar-refractivity contribution in [2.24, 2.45) is 29.1 Å². The van der Waals surface area contributed by atoms with E-state index in [1.165, 1.54) is 7.11 Å². The van der Waals surface area contributed by atoms with Crippen molar-refractivity contribution in [3.63, 3.8) is 0 Å². The summed E-state index contributed by atoms with van der Waals surface area (Å²) in [5.74, 6) is -1.53. The molecule has 5 fully saturated rings. The van der Waals surface area contributed by atoms with Crippen LogP contribution in [0.4, 0.5) is 0 Å². The zero-order valence-electron chi connectivity index (χ0n) is 23.0. The Labute approximate surface area is 228 Å². The molecule has 0 bridgehead atoms. The SMILES string of the molecule is COC(=O)[C@@]1(O)C[C@@H](C)O[C@H]1O[C@@H]1C[C@@H]2CC[C@@H]3[C@H](CC[C@]4(C)[C@@H](C5=CC(=O)OC5)CC[C@]34O)C2(O)C[C@H]1O. The summed E-state index contributed by atoms with van der Waals surface area (Å²) in [6.45, 7) is 4.15. The summed E-state index contributed by atoms with van der Waals surface area (Å²) in [5.41, 5.74) is -3.54. The van der Waals surface area contributed by atoms with Crippen molar-refractivity contribution in [2.45, 2.75) is 113 Å². The molecular weight excluding hydrogens is 508 g/mol. The van der Waals surface area contributed by atoms with Gasteiger partial charge < -0.3 is 39.4 Å². The Bertz CT molecular complexity index is 1060. The van der Waals surface area contributed by atoms with Crippen molar-refractivity contribution in [1.29, 1.82) is 0 Å². The van der Waals surface area contributed by atoms with Crippen molar-refractivity contribution in [1.82, 2.24) is 0 Å². The van der Waals surface area contributed by atoms with Gasteiger partial charge in [-0.05, 0) is 81.1 Å². The zero-order valence-corrected chi connectivity index (χ0v) is 23.0. The Balaban J connectivity index is 1.20. The molecule has 4 aliphatic carbocycles. The molecule has 1 unspecified atom stereocenters. The second-order valence-electron chi connectivity index (χ2n) is 13.4. The molecule has 0 aromatic heterocycles. The van der Waals surface area contributed by atoms with E-state index in [-0.39, 0.29) is 49.1 Å². The number of hydrogen-bond donors (Lipinski definition) is 4. The molecule has 4 saturated carbocycles. The second kappa shape index (κ2) is 9.22. The van der Waals surface area contributed by atoms with Crippen LogP contribution in [-0.4, -0.2) is 87.5 Å². The Kier molecular flexibility index (Phi) is 6.53. The molecule has 0 radical (unpaired) electrons. The standard InChI is InChI=1S/C29H42O10/c1-15-12-28(34,24(32)36-3)25(38-15)39-22-11-17-4-5-20-19(27(17,33)13-21(22)30)6-8-26(2)18(7-9-29(20,26)35)16-10-23(31)37-14-16/h10,15,17-22,25,30,33-35H,4-9,11-14H2,1-3H3/t15-,17+,18-,19+,20-,21-,22-,25+,26-,27?,28+,29+/m1/s1. The summed E-state index contributed by atoms with van der Waals surface area (Å²) in [5, 5.41) is 46.7. The predicted molar refractivity (Wildman–Crippen MR) is 135 cm³/mol.